The highest BCUT2D eigenvalue weighted by molar-refractivity contribution is 5.68. The highest BCUT2D eigenvalue weighted by Gasteiger charge is 2.45. The van der Waals surface area contributed by atoms with Gasteiger partial charge in [0.15, 0.2) is 0 Å². The summed E-state index contributed by atoms with van der Waals surface area (Å²) in [6.45, 7) is 8.07. The summed E-state index contributed by atoms with van der Waals surface area (Å²) in [4.78, 5) is 18.4. The molecule has 1 aromatic rings. The Balaban J connectivity index is 1.46. The number of amides is 1. The number of allylic oxidation sites excluding steroid dienone is 2. The van der Waals surface area contributed by atoms with Crippen molar-refractivity contribution >= 4 is 12.0 Å². The molecular weight excluding hydrogens is 306 g/mol. The molecule has 4 rings (SSSR count). The molecule has 0 atom stereocenters. The summed E-state index contributed by atoms with van der Waals surface area (Å²) < 4.78 is 7.45. The third-order valence-corrected chi connectivity index (χ3v) is 5.42. The lowest BCUT2D eigenvalue weighted by molar-refractivity contribution is 0.0131. The first-order valence-electron chi connectivity index (χ1n) is 8.72. The molecule has 1 N–H and O–H groups in total. The Hall–Kier alpha value is -2.05. The van der Waals surface area contributed by atoms with Crippen LogP contribution in [0.15, 0.2) is 17.6 Å². The van der Waals surface area contributed by atoms with Gasteiger partial charge in [0.1, 0.15) is 11.9 Å². The minimum absolute atomic E-state index is 0.190. The maximum Gasteiger partial charge on any atom is 0.410 e. The van der Waals surface area contributed by atoms with Gasteiger partial charge in [-0.05, 0) is 57.4 Å². The molecule has 3 aliphatic rings. The maximum atomic E-state index is 12.3. The van der Waals surface area contributed by atoms with Gasteiger partial charge in [-0.1, -0.05) is 0 Å². The molecule has 2 aliphatic heterocycles. The Morgan fingerprint density at radius 2 is 2.04 bits per heavy atom. The van der Waals surface area contributed by atoms with E-state index in [1.807, 2.05) is 30.4 Å². The van der Waals surface area contributed by atoms with Gasteiger partial charge in [0.2, 0.25) is 5.95 Å². The van der Waals surface area contributed by atoms with Gasteiger partial charge in [0, 0.05) is 18.8 Å². The van der Waals surface area contributed by atoms with Crippen molar-refractivity contribution in [1.82, 2.24) is 19.7 Å². The standard InChI is InChI=1S/C17H25N5O2/c1-16(2,3)24-15(23)21-8-6-17(7-9-21)5-4-13-12(17)10-22-14(20-13)18-11-19-22/h11H,4-10H2,1-3H3,(H,18,19,20). The van der Waals surface area contributed by atoms with Crippen molar-refractivity contribution in [3.05, 3.63) is 17.6 Å². The number of piperidine rings is 1. The first kappa shape index (κ1) is 15.5. The molecule has 24 heavy (non-hydrogen) atoms. The lowest BCUT2D eigenvalue weighted by Crippen LogP contribution is -2.45. The minimum Gasteiger partial charge on any atom is -0.444 e. The van der Waals surface area contributed by atoms with Crippen molar-refractivity contribution in [1.29, 1.82) is 0 Å². The zero-order valence-corrected chi connectivity index (χ0v) is 14.6. The SMILES string of the molecule is CC(C)(C)OC(=O)N1CCC2(CCC3=C2Cn2ncnc2N3)CC1. The number of hydrogen-bond donors (Lipinski definition) is 1. The van der Waals surface area contributed by atoms with Crippen LogP contribution < -0.4 is 5.32 Å². The summed E-state index contributed by atoms with van der Waals surface area (Å²) in [6, 6.07) is 0. The summed E-state index contributed by atoms with van der Waals surface area (Å²) in [5.74, 6) is 0.844. The van der Waals surface area contributed by atoms with Gasteiger partial charge in [-0.15, -0.1) is 0 Å². The smallest absolute Gasteiger partial charge is 0.410 e. The summed E-state index contributed by atoms with van der Waals surface area (Å²) in [6.07, 6.45) is 5.62. The number of nitrogens with zero attached hydrogens (tertiary/aromatic N) is 4. The molecule has 0 bridgehead atoms. The number of ether oxygens (including phenoxy) is 1. The monoisotopic (exact) mass is 331 g/mol. The normalized spacial score (nSPS) is 22.2. The molecule has 7 nitrogen and oxygen atoms in total. The minimum atomic E-state index is -0.438. The van der Waals surface area contributed by atoms with Gasteiger partial charge in [0.25, 0.3) is 0 Å². The number of carbonyl (C=O) groups is 1. The fourth-order valence-corrected chi connectivity index (χ4v) is 4.14. The van der Waals surface area contributed by atoms with Gasteiger partial charge in [-0.3, -0.25) is 0 Å². The Morgan fingerprint density at radius 1 is 1.29 bits per heavy atom. The van der Waals surface area contributed by atoms with Crippen molar-refractivity contribution in [2.24, 2.45) is 5.41 Å². The van der Waals surface area contributed by atoms with E-state index >= 15 is 0 Å². The Morgan fingerprint density at radius 3 is 2.75 bits per heavy atom. The van der Waals surface area contributed by atoms with E-state index in [0.29, 0.717) is 0 Å². The van der Waals surface area contributed by atoms with Crippen LogP contribution in [0, 0.1) is 5.41 Å². The van der Waals surface area contributed by atoms with Crippen LogP contribution in [0.25, 0.3) is 0 Å². The largest absolute Gasteiger partial charge is 0.444 e. The van der Waals surface area contributed by atoms with E-state index in [4.69, 9.17) is 4.74 Å². The van der Waals surface area contributed by atoms with Crippen molar-refractivity contribution in [3.63, 3.8) is 0 Å². The van der Waals surface area contributed by atoms with Crippen LogP contribution in [0.2, 0.25) is 0 Å². The van der Waals surface area contributed by atoms with Crippen LogP contribution in [-0.4, -0.2) is 44.4 Å². The molecule has 1 spiro atoms. The van der Waals surface area contributed by atoms with Crippen LogP contribution in [0.1, 0.15) is 46.5 Å². The molecule has 1 amide bonds. The van der Waals surface area contributed by atoms with E-state index in [2.05, 4.69) is 15.4 Å². The number of anilines is 1. The van der Waals surface area contributed by atoms with E-state index in [1.165, 1.54) is 11.3 Å². The van der Waals surface area contributed by atoms with E-state index in [1.54, 1.807) is 6.33 Å². The number of hydrogen-bond acceptors (Lipinski definition) is 5. The summed E-state index contributed by atoms with van der Waals surface area (Å²) in [7, 11) is 0. The molecule has 3 heterocycles. The number of nitrogens with one attached hydrogen (secondary N) is 1. The van der Waals surface area contributed by atoms with Crippen LogP contribution >= 0.6 is 0 Å². The molecule has 1 aromatic heterocycles. The van der Waals surface area contributed by atoms with Crippen LogP contribution in [0.4, 0.5) is 10.7 Å². The molecule has 7 heteroatoms. The molecule has 0 unspecified atom stereocenters. The fourth-order valence-electron chi connectivity index (χ4n) is 4.14. The first-order chi connectivity index (χ1) is 11.4. The average molecular weight is 331 g/mol. The molecule has 1 saturated heterocycles. The quantitative estimate of drug-likeness (QED) is 0.791. The first-order valence-corrected chi connectivity index (χ1v) is 8.72. The number of carbonyl (C=O) groups excluding carboxylic acids is 1. The second-order valence-electron chi connectivity index (χ2n) is 8.07. The third-order valence-electron chi connectivity index (χ3n) is 5.42. The molecule has 1 aliphatic carbocycles. The Kier molecular flexibility index (Phi) is 3.37. The van der Waals surface area contributed by atoms with Crippen LogP contribution in [0.3, 0.4) is 0 Å². The van der Waals surface area contributed by atoms with Crippen LogP contribution in [-0.2, 0) is 11.3 Å². The van der Waals surface area contributed by atoms with Gasteiger partial charge < -0.3 is 15.0 Å². The number of rotatable bonds is 0. The van der Waals surface area contributed by atoms with Crippen molar-refractivity contribution in [3.8, 4) is 0 Å². The lowest BCUT2D eigenvalue weighted by atomic mass is 9.73. The highest BCUT2D eigenvalue weighted by Crippen LogP contribution is 2.51. The summed E-state index contributed by atoms with van der Waals surface area (Å²) >= 11 is 0. The highest BCUT2D eigenvalue weighted by atomic mass is 16.6. The van der Waals surface area contributed by atoms with E-state index in [9.17, 15) is 4.79 Å². The second kappa shape index (κ2) is 5.22. The second-order valence-corrected chi connectivity index (χ2v) is 8.07. The predicted molar refractivity (Wildman–Crippen MR) is 89.4 cm³/mol. The van der Waals surface area contributed by atoms with Crippen molar-refractivity contribution in [2.45, 2.75) is 58.6 Å². The van der Waals surface area contributed by atoms with E-state index < -0.39 is 5.60 Å². The molecular formula is C17H25N5O2. The molecule has 0 aromatic carbocycles. The average Bonchev–Trinajstić information content (AvgIpc) is 3.10. The van der Waals surface area contributed by atoms with Gasteiger partial charge in [0.05, 0.1) is 6.54 Å². The zero-order valence-electron chi connectivity index (χ0n) is 14.6. The third kappa shape index (κ3) is 2.56. The zero-order chi connectivity index (χ0) is 16.9. The van der Waals surface area contributed by atoms with Crippen LogP contribution in [0.5, 0.6) is 0 Å². The summed E-state index contributed by atoms with van der Waals surface area (Å²) in [5.41, 5.74) is 2.54. The number of fused-ring (bicyclic) bond motifs is 2. The van der Waals surface area contributed by atoms with Gasteiger partial charge in [-0.2, -0.15) is 10.1 Å². The van der Waals surface area contributed by atoms with Crippen molar-refractivity contribution < 1.29 is 9.53 Å². The molecule has 130 valence electrons. The molecule has 0 radical (unpaired) electrons. The molecule has 0 saturated carbocycles. The molecule has 1 fully saturated rings. The number of likely N-dealkylation sites (tertiary alicyclic amines) is 1. The van der Waals surface area contributed by atoms with E-state index in [-0.39, 0.29) is 11.5 Å². The predicted octanol–water partition coefficient (Wildman–Crippen LogP) is 2.77. The van der Waals surface area contributed by atoms with Gasteiger partial charge in [-0.25, -0.2) is 9.48 Å². The maximum absolute atomic E-state index is 12.3. The van der Waals surface area contributed by atoms with Gasteiger partial charge >= 0.3 is 6.09 Å². The van der Waals surface area contributed by atoms with E-state index in [0.717, 1.165) is 51.3 Å². The lowest BCUT2D eigenvalue weighted by Gasteiger charge is -2.42. The Bertz CT molecular complexity index is 692. The topological polar surface area (TPSA) is 72.3 Å². The fraction of sp³-hybridized carbons (Fsp3) is 0.706. The Labute approximate surface area is 142 Å². The van der Waals surface area contributed by atoms with Crippen molar-refractivity contribution in [2.75, 3.05) is 18.4 Å². The number of aromatic nitrogens is 3. The summed E-state index contributed by atoms with van der Waals surface area (Å²) in [5, 5.41) is 7.74.